The molecule has 1 unspecified atom stereocenters. The van der Waals surface area contributed by atoms with Crippen molar-refractivity contribution >= 4 is 39.6 Å². The van der Waals surface area contributed by atoms with Crippen LogP contribution in [0.4, 0.5) is 0 Å². The first kappa shape index (κ1) is 16.9. The molecule has 0 aliphatic carbocycles. The lowest BCUT2D eigenvalue weighted by atomic mass is 9.93. The van der Waals surface area contributed by atoms with Crippen molar-refractivity contribution in [2.75, 3.05) is 13.7 Å². The maximum atomic E-state index is 12.2. The number of nitrogens with one attached hydrogen (secondary N) is 1. The number of carbonyl (C=O) groups excluding carboxylic acids is 1. The number of allylic oxidation sites excluding steroid dienone is 1. The lowest BCUT2D eigenvalue weighted by molar-refractivity contribution is -0.115. The fourth-order valence-electron chi connectivity index (χ4n) is 3.32. The number of carbonyl (C=O) groups is 1. The van der Waals surface area contributed by atoms with Crippen molar-refractivity contribution in [3.8, 4) is 0 Å². The number of benzene rings is 1. The first-order valence-corrected chi connectivity index (χ1v) is 8.60. The lowest BCUT2D eigenvalue weighted by Gasteiger charge is -2.17. The first-order valence-electron chi connectivity index (χ1n) is 8.19. The van der Waals surface area contributed by atoms with E-state index in [1.165, 1.54) is 5.39 Å². The van der Waals surface area contributed by atoms with Crippen LogP contribution in [0.3, 0.4) is 0 Å². The number of rotatable bonds is 5. The number of para-hydroxylation sites is 1. The van der Waals surface area contributed by atoms with Crippen LogP contribution in [0.1, 0.15) is 25.0 Å². The zero-order valence-corrected chi connectivity index (χ0v) is 14.9. The van der Waals surface area contributed by atoms with Crippen LogP contribution in [0.2, 0.25) is 0 Å². The van der Waals surface area contributed by atoms with Crippen LogP contribution in [0.5, 0.6) is 0 Å². The highest BCUT2D eigenvalue weighted by molar-refractivity contribution is 7.80. The van der Waals surface area contributed by atoms with Crippen LogP contribution >= 0.6 is 12.2 Å². The van der Waals surface area contributed by atoms with Gasteiger partial charge in [-0.2, -0.15) is 0 Å². The Hall–Kier alpha value is -1.98. The maximum absolute atomic E-state index is 12.2. The Morgan fingerprint density at radius 1 is 1.38 bits per heavy atom. The van der Waals surface area contributed by atoms with Gasteiger partial charge in [0, 0.05) is 49.4 Å². The molecule has 2 aromatic rings. The number of nitrogens with zero attached hydrogens (tertiary/aromatic N) is 1. The summed E-state index contributed by atoms with van der Waals surface area (Å²) < 4.78 is 7.29. The number of aromatic nitrogens is 1. The fourth-order valence-corrected chi connectivity index (χ4v) is 3.62. The standard InChI is InChI=1S/C19H22N2O2S/c1-21-16-8-4-3-6-13(16)11-17(21)15-10-14(7-5-9-23-2)19(24)20-18(22)12-15/h3-4,6,8,11-12,14H,5,7,9-10H2,1-2H3,(H,20,22,24). The second-order valence-electron chi connectivity index (χ2n) is 6.21. The van der Waals surface area contributed by atoms with Crippen LogP contribution in [0.15, 0.2) is 36.4 Å². The summed E-state index contributed by atoms with van der Waals surface area (Å²) >= 11 is 5.43. The van der Waals surface area contributed by atoms with Crippen molar-refractivity contribution in [2.45, 2.75) is 19.3 Å². The highest BCUT2D eigenvalue weighted by Gasteiger charge is 2.24. The number of ether oxygens (including phenoxy) is 1. The number of hydrogen-bond donors (Lipinski definition) is 1. The Morgan fingerprint density at radius 3 is 2.92 bits per heavy atom. The van der Waals surface area contributed by atoms with Gasteiger partial charge in [0.15, 0.2) is 0 Å². The Kier molecular flexibility index (Phi) is 5.11. The molecule has 0 bridgehead atoms. The molecule has 5 heteroatoms. The predicted octanol–water partition coefficient (Wildman–Crippen LogP) is 3.45. The minimum Gasteiger partial charge on any atom is -0.385 e. The van der Waals surface area contributed by atoms with E-state index in [0.717, 1.165) is 36.0 Å². The summed E-state index contributed by atoms with van der Waals surface area (Å²) in [5, 5.41) is 4.02. The third kappa shape index (κ3) is 3.42. The van der Waals surface area contributed by atoms with Gasteiger partial charge >= 0.3 is 0 Å². The molecule has 0 saturated carbocycles. The van der Waals surface area contributed by atoms with Gasteiger partial charge in [-0.05, 0) is 37.0 Å². The van der Waals surface area contributed by atoms with E-state index >= 15 is 0 Å². The van der Waals surface area contributed by atoms with E-state index in [2.05, 4.69) is 28.1 Å². The van der Waals surface area contributed by atoms with Crippen LogP contribution in [0.25, 0.3) is 16.5 Å². The first-order chi connectivity index (χ1) is 11.6. The van der Waals surface area contributed by atoms with Crippen molar-refractivity contribution in [1.29, 1.82) is 0 Å². The minimum atomic E-state index is -0.130. The molecule has 2 heterocycles. The van der Waals surface area contributed by atoms with E-state index in [0.29, 0.717) is 11.6 Å². The monoisotopic (exact) mass is 342 g/mol. The maximum Gasteiger partial charge on any atom is 0.249 e. The zero-order valence-electron chi connectivity index (χ0n) is 14.0. The number of aryl methyl sites for hydroxylation is 1. The molecule has 1 atom stereocenters. The quantitative estimate of drug-likeness (QED) is 0.668. The van der Waals surface area contributed by atoms with Gasteiger partial charge in [0.1, 0.15) is 0 Å². The van der Waals surface area contributed by atoms with Crippen LogP contribution < -0.4 is 5.32 Å². The largest absolute Gasteiger partial charge is 0.385 e. The molecule has 126 valence electrons. The van der Waals surface area contributed by atoms with Crippen molar-refractivity contribution in [3.63, 3.8) is 0 Å². The lowest BCUT2D eigenvalue weighted by Crippen LogP contribution is -2.31. The number of hydrogen-bond acceptors (Lipinski definition) is 3. The van der Waals surface area contributed by atoms with Gasteiger partial charge in [-0.1, -0.05) is 30.4 Å². The molecule has 4 nitrogen and oxygen atoms in total. The molecule has 1 amide bonds. The molecule has 1 aliphatic heterocycles. The molecule has 0 radical (unpaired) electrons. The van der Waals surface area contributed by atoms with Gasteiger partial charge in [-0.25, -0.2) is 0 Å². The molecule has 1 aromatic heterocycles. The van der Waals surface area contributed by atoms with E-state index in [1.54, 1.807) is 13.2 Å². The molecule has 24 heavy (non-hydrogen) atoms. The highest BCUT2D eigenvalue weighted by Crippen LogP contribution is 2.31. The highest BCUT2D eigenvalue weighted by atomic mass is 32.1. The summed E-state index contributed by atoms with van der Waals surface area (Å²) in [5.41, 5.74) is 3.28. The predicted molar refractivity (Wildman–Crippen MR) is 101 cm³/mol. The Labute approximate surface area is 147 Å². The van der Waals surface area contributed by atoms with Crippen molar-refractivity contribution in [2.24, 2.45) is 13.0 Å². The normalized spacial score (nSPS) is 18.4. The SMILES string of the molecule is COCCCC1CC(c2cc3ccccc3n2C)=CC(=O)NC1=S. The minimum absolute atomic E-state index is 0.130. The van der Waals surface area contributed by atoms with E-state index in [1.807, 2.05) is 19.2 Å². The molecule has 0 fully saturated rings. The van der Waals surface area contributed by atoms with E-state index in [9.17, 15) is 4.79 Å². The third-order valence-electron chi connectivity index (χ3n) is 4.57. The number of thiocarbonyl (C=S) groups is 1. The second kappa shape index (κ2) is 7.28. The van der Waals surface area contributed by atoms with Crippen LogP contribution in [-0.2, 0) is 16.6 Å². The Bertz CT molecular complexity index is 807. The molecule has 1 aromatic carbocycles. The molecule has 1 aliphatic rings. The van der Waals surface area contributed by atoms with Gasteiger partial charge in [0.2, 0.25) is 5.91 Å². The summed E-state index contributed by atoms with van der Waals surface area (Å²) in [6, 6.07) is 10.4. The zero-order chi connectivity index (χ0) is 17.1. The number of methoxy groups -OCH3 is 1. The average molecular weight is 342 g/mol. The average Bonchev–Trinajstić information content (AvgIpc) is 2.82. The van der Waals surface area contributed by atoms with Gasteiger partial charge < -0.3 is 14.6 Å². The van der Waals surface area contributed by atoms with E-state index < -0.39 is 0 Å². The van der Waals surface area contributed by atoms with Gasteiger partial charge in [-0.15, -0.1) is 0 Å². The van der Waals surface area contributed by atoms with E-state index in [-0.39, 0.29) is 11.8 Å². The molecule has 0 saturated heterocycles. The molecule has 1 N–H and O–H groups in total. The topological polar surface area (TPSA) is 43.3 Å². The third-order valence-corrected chi connectivity index (χ3v) is 5.01. The summed E-state index contributed by atoms with van der Waals surface area (Å²) in [6.07, 6.45) is 4.30. The van der Waals surface area contributed by atoms with Crippen molar-refractivity contribution < 1.29 is 9.53 Å². The number of amides is 1. The van der Waals surface area contributed by atoms with Crippen molar-refractivity contribution in [3.05, 3.63) is 42.1 Å². The molecule has 3 rings (SSSR count). The molecule has 0 spiro atoms. The fraction of sp³-hybridized carbons (Fsp3) is 0.368. The van der Waals surface area contributed by atoms with Crippen LogP contribution in [0, 0.1) is 5.92 Å². The van der Waals surface area contributed by atoms with Gasteiger partial charge in [0.25, 0.3) is 0 Å². The summed E-state index contributed by atoms with van der Waals surface area (Å²) in [7, 11) is 3.74. The van der Waals surface area contributed by atoms with Crippen LogP contribution in [-0.4, -0.2) is 29.2 Å². The summed E-state index contributed by atoms with van der Waals surface area (Å²) in [4.78, 5) is 12.8. The van der Waals surface area contributed by atoms with E-state index in [4.69, 9.17) is 17.0 Å². The molecular formula is C19H22N2O2S. The van der Waals surface area contributed by atoms with Crippen molar-refractivity contribution in [1.82, 2.24) is 9.88 Å². The smallest absolute Gasteiger partial charge is 0.249 e. The number of fused-ring (bicyclic) bond motifs is 1. The second-order valence-corrected chi connectivity index (χ2v) is 6.65. The Morgan fingerprint density at radius 2 is 2.17 bits per heavy atom. The van der Waals surface area contributed by atoms with Gasteiger partial charge in [0.05, 0.1) is 4.99 Å². The van der Waals surface area contributed by atoms with Gasteiger partial charge in [-0.3, -0.25) is 4.79 Å². The summed E-state index contributed by atoms with van der Waals surface area (Å²) in [6.45, 7) is 0.708. The molecular weight excluding hydrogens is 320 g/mol. The summed E-state index contributed by atoms with van der Waals surface area (Å²) in [5.74, 6) is 0.0281. The Balaban J connectivity index is 1.93.